The van der Waals surface area contributed by atoms with E-state index in [1.807, 2.05) is 13.0 Å². The van der Waals surface area contributed by atoms with E-state index >= 15 is 0 Å². The van der Waals surface area contributed by atoms with Crippen LogP contribution in [-0.4, -0.2) is 0 Å². The van der Waals surface area contributed by atoms with Crippen molar-refractivity contribution in [1.82, 2.24) is 0 Å². The van der Waals surface area contributed by atoms with Gasteiger partial charge in [0.05, 0.1) is 5.56 Å². The molecule has 0 saturated carbocycles. The van der Waals surface area contributed by atoms with Crippen LogP contribution in [0, 0.1) is 0 Å². The highest BCUT2D eigenvalue weighted by atomic mass is 19.4. The van der Waals surface area contributed by atoms with Gasteiger partial charge in [-0.05, 0) is 43.0 Å². The average Bonchev–Trinajstić information content (AvgIpc) is 2.34. The third-order valence-electron chi connectivity index (χ3n) is 2.96. The first-order valence-electron chi connectivity index (χ1n) is 6.31. The molecule has 0 bridgehead atoms. The van der Waals surface area contributed by atoms with E-state index in [1.54, 1.807) is 6.07 Å². The topological polar surface area (TPSA) is 0 Å². The van der Waals surface area contributed by atoms with Crippen molar-refractivity contribution < 1.29 is 13.2 Å². The maximum absolute atomic E-state index is 12.6. The Hall–Kier alpha value is -1.25. The summed E-state index contributed by atoms with van der Waals surface area (Å²) in [6.07, 6.45) is 1.72. The number of rotatable bonds is 5. The van der Waals surface area contributed by atoms with Gasteiger partial charge in [-0.1, -0.05) is 38.0 Å². The number of halogens is 3. The van der Waals surface area contributed by atoms with E-state index in [0.29, 0.717) is 5.56 Å². The molecule has 3 heteroatoms. The Balaban J connectivity index is 2.87. The molecule has 0 spiro atoms. The highest BCUT2D eigenvalue weighted by Crippen LogP contribution is 2.31. The molecule has 1 rings (SSSR count). The lowest BCUT2D eigenvalue weighted by molar-refractivity contribution is -0.137. The minimum absolute atomic E-state index is 0.574. The Morgan fingerprint density at radius 1 is 1.22 bits per heavy atom. The second-order valence-electron chi connectivity index (χ2n) is 4.35. The van der Waals surface area contributed by atoms with Gasteiger partial charge in [-0.25, -0.2) is 0 Å². The summed E-state index contributed by atoms with van der Waals surface area (Å²) in [5.41, 5.74) is 1.10. The van der Waals surface area contributed by atoms with Gasteiger partial charge in [-0.2, -0.15) is 13.2 Å². The van der Waals surface area contributed by atoms with Gasteiger partial charge in [-0.15, -0.1) is 0 Å². The molecule has 1 aromatic rings. The quantitative estimate of drug-likeness (QED) is 0.594. The van der Waals surface area contributed by atoms with Crippen molar-refractivity contribution in [3.63, 3.8) is 0 Å². The lowest BCUT2D eigenvalue weighted by Gasteiger charge is -2.11. The zero-order valence-corrected chi connectivity index (χ0v) is 10.8. The van der Waals surface area contributed by atoms with Gasteiger partial charge in [-0.3, -0.25) is 0 Å². The van der Waals surface area contributed by atoms with Crippen molar-refractivity contribution in [2.75, 3.05) is 0 Å². The van der Waals surface area contributed by atoms with Crippen molar-refractivity contribution >= 4 is 5.57 Å². The molecule has 0 unspecified atom stereocenters. The molecule has 1 aromatic carbocycles. The van der Waals surface area contributed by atoms with Crippen molar-refractivity contribution in [2.45, 2.75) is 45.7 Å². The molecular formula is C15H19F3. The number of hydrogen-bond acceptors (Lipinski definition) is 0. The summed E-state index contributed by atoms with van der Waals surface area (Å²) < 4.78 is 37.9. The van der Waals surface area contributed by atoms with Crippen LogP contribution in [0.3, 0.4) is 0 Å². The second-order valence-corrected chi connectivity index (χ2v) is 4.35. The van der Waals surface area contributed by atoms with E-state index in [9.17, 15) is 13.2 Å². The Labute approximate surface area is 107 Å². The summed E-state index contributed by atoms with van der Waals surface area (Å²) in [6, 6.07) is 5.57. The van der Waals surface area contributed by atoms with Crippen molar-refractivity contribution in [3.8, 4) is 0 Å². The van der Waals surface area contributed by atoms with Crippen molar-refractivity contribution in [3.05, 3.63) is 41.5 Å². The van der Waals surface area contributed by atoms with Crippen LogP contribution >= 0.6 is 0 Å². The first-order valence-corrected chi connectivity index (χ1v) is 6.31. The van der Waals surface area contributed by atoms with E-state index in [1.165, 1.54) is 12.1 Å². The first kappa shape index (κ1) is 14.8. The molecule has 0 nitrogen and oxygen atoms in total. The summed E-state index contributed by atoms with van der Waals surface area (Å²) in [7, 11) is 0. The van der Waals surface area contributed by atoms with Crippen LogP contribution in [0.5, 0.6) is 0 Å². The minimum atomic E-state index is -4.27. The highest BCUT2D eigenvalue weighted by Gasteiger charge is 2.30. The second kappa shape index (κ2) is 6.62. The van der Waals surface area contributed by atoms with Crippen molar-refractivity contribution in [1.29, 1.82) is 0 Å². The summed E-state index contributed by atoms with van der Waals surface area (Å²) in [5.74, 6) is 0. The van der Waals surface area contributed by atoms with Crippen LogP contribution < -0.4 is 0 Å². The molecule has 0 amide bonds. The molecule has 18 heavy (non-hydrogen) atoms. The van der Waals surface area contributed by atoms with Gasteiger partial charge < -0.3 is 0 Å². The molecule has 0 aliphatic heterocycles. The summed E-state index contributed by atoms with van der Waals surface area (Å²) in [4.78, 5) is 0. The smallest absolute Gasteiger partial charge is 0.166 e. The molecule has 0 aliphatic rings. The van der Waals surface area contributed by atoms with Gasteiger partial charge in [0.1, 0.15) is 0 Å². The number of benzene rings is 1. The third-order valence-corrected chi connectivity index (χ3v) is 2.96. The summed E-state index contributed by atoms with van der Waals surface area (Å²) >= 11 is 0. The van der Waals surface area contributed by atoms with Crippen molar-refractivity contribution in [2.24, 2.45) is 0 Å². The van der Waals surface area contributed by atoms with E-state index < -0.39 is 11.7 Å². The Morgan fingerprint density at radius 2 is 1.94 bits per heavy atom. The number of allylic oxidation sites excluding steroid dienone is 2. The Morgan fingerprint density at radius 3 is 2.50 bits per heavy atom. The van der Waals surface area contributed by atoms with Gasteiger partial charge in [0.2, 0.25) is 0 Å². The van der Waals surface area contributed by atoms with E-state index in [4.69, 9.17) is 0 Å². The maximum Gasteiger partial charge on any atom is 0.416 e. The molecular weight excluding hydrogens is 237 g/mol. The van der Waals surface area contributed by atoms with Gasteiger partial charge >= 0.3 is 6.18 Å². The van der Waals surface area contributed by atoms with Crippen LogP contribution in [0.1, 0.15) is 50.7 Å². The molecule has 100 valence electrons. The molecule has 0 fully saturated rings. The molecule has 0 heterocycles. The van der Waals surface area contributed by atoms with Crippen LogP contribution in [0.2, 0.25) is 0 Å². The van der Waals surface area contributed by atoms with Crippen LogP contribution in [-0.2, 0) is 6.18 Å². The van der Waals surface area contributed by atoms with E-state index in [0.717, 1.165) is 37.3 Å². The van der Waals surface area contributed by atoms with Gasteiger partial charge in [0.25, 0.3) is 0 Å². The fraction of sp³-hybridized carbons (Fsp3) is 0.467. The van der Waals surface area contributed by atoms with E-state index in [-0.39, 0.29) is 0 Å². The molecule has 0 atom stereocenters. The third kappa shape index (κ3) is 4.21. The standard InChI is InChI=1S/C15H19F3/c1-3-5-6-8-12(4-2)13-9-7-10-14(11-13)15(16,17)18/h4,7,9-11H,3,5-6,8H2,1-2H3. The first-order chi connectivity index (χ1) is 8.49. The largest absolute Gasteiger partial charge is 0.416 e. The van der Waals surface area contributed by atoms with E-state index in [2.05, 4.69) is 6.92 Å². The Kier molecular flexibility index (Phi) is 5.45. The lowest BCUT2D eigenvalue weighted by atomic mass is 9.98. The van der Waals surface area contributed by atoms with Crippen LogP contribution in [0.4, 0.5) is 13.2 Å². The van der Waals surface area contributed by atoms with Crippen LogP contribution in [0.25, 0.3) is 5.57 Å². The van der Waals surface area contributed by atoms with Gasteiger partial charge in [0, 0.05) is 0 Å². The molecule has 0 aliphatic carbocycles. The zero-order chi connectivity index (χ0) is 13.6. The fourth-order valence-corrected chi connectivity index (χ4v) is 1.92. The molecule has 0 saturated heterocycles. The number of unbranched alkanes of at least 4 members (excludes halogenated alkanes) is 2. The summed E-state index contributed by atoms with van der Waals surface area (Å²) in [5, 5.41) is 0. The lowest BCUT2D eigenvalue weighted by Crippen LogP contribution is -2.05. The maximum atomic E-state index is 12.6. The number of alkyl halides is 3. The van der Waals surface area contributed by atoms with Gasteiger partial charge in [0.15, 0.2) is 0 Å². The normalized spacial score (nSPS) is 12.8. The average molecular weight is 256 g/mol. The monoisotopic (exact) mass is 256 g/mol. The molecule has 0 N–H and O–H groups in total. The van der Waals surface area contributed by atoms with Crippen LogP contribution in [0.15, 0.2) is 30.3 Å². The fourth-order valence-electron chi connectivity index (χ4n) is 1.92. The highest BCUT2D eigenvalue weighted by molar-refractivity contribution is 5.65. The predicted molar refractivity (Wildman–Crippen MR) is 69.2 cm³/mol. The SMILES string of the molecule is CC=C(CCCCC)c1cccc(C(F)(F)F)c1. The Bertz CT molecular complexity index is 402. The molecule has 0 radical (unpaired) electrons. The molecule has 0 aromatic heterocycles. The predicted octanol–water partition coefficient (Wildman–Crippen LogP) is 5.69. The summed E-state index contributed by atoms with van der Waals surface area (Å²) in [6.45, 7) is 3.99. The minimum Gasteiger partial charge on any atom is -0.166 e. The number of hydrogen-bond donors (Lipinski definition) is 0. The zero-order valence-electron chi connectivity index (χ0n) is 10.8.